The van der Waals surface area contributed by atoms with E-state index < -0.39 is 0 Å². The molecule has 3 atom stereocenters. The zero-order valence-corrected chi connectivity index (χ0v) is 12.6. The van der Waals surface area contributed by atoms with Gasteiger partial charge in [0.05, 0.1) is 24.4 Å². The number of para-hydroxylation sites is 1. The Morgan fingerprint density at radius 3 is 2.41 bits per heavy atom. The van der Waals surface area contributed by atoms with E-state index in [9.17, 15) is 5.11 Å². The van der Waals surface area contributed by atoms with Gasteiger partial charge in [0, 0.05) is 5.41 Å². The van der Waals surface area contributed by atoms with Crippen molar-refractivity contribution in [1.29, 1.82) is 0 Å². The van der Waals surface area contributed by atoms with Crippen LogP contribution < -0.4 is 5.06 Å². The van der Waals surface area contributed by atoms with Gasteiger partial charge in [-0.3, -0.25) is 4.84 Å². The predicted octanol–water partition coefficient (Wildman–Crippen LogP) is 3.71. The van der Waals surface area contributed by atoms with Crippen LogP contribution in [-0.4, -0.2) is 17.8 Å². The number of nitrogens with zero attached hydrogens (tertiary/aromatic N) is 1. The first-order valence-electron chi connectivity index (χ1n) is 8.02. The molecule has 1 heterocycles. The summed E-state index contributed by atoms with van der Waals surface area (Å²) in [6.45, 7) is 0.167. The van der Waals surface area contributed by atoms with Crippen LogP contribution in [0.25, 0.3) is 0 Å². The summed E-state index contributed by atoms with van der Waals surface area (Å²) < 4.78 is 0. The van der Waals surface area contributed by atoms with Gasteiger partial charge in [0.1, 0.15) is 0 Å². The van der Waals surface area contributed by atoms with Gasteiger partial charge in [-0.05, 0) is 37.0 Å². The number of anilines is 1. The third-order valence-electron chi connectivity index (χ3n) is 5.19. The number of hydrogen-bond acceptors (Lipinski definition) is 3. The number of hydroxylamine groups is 1. The number of aliphatic hydroxyl groups is 1. The van der Waals surface area contributed by atoms with Crippen LogP contribution in [0.3, 0.4) is 0 Å². The Morgan fingerprint density at radius 2 is 1.73 bits per heavy atom. The molecule has 0 radical (unpaired) electrons. The minimum absolute atomic E-state index is 0.0635. The number of fused-ring (bicyclic) bond motifs is 1. The summed E-state index contributed by atoms with van der Waals surface area (Å²) in [7, 11) is 0. The molecule has 114 valence electrons. The van der Waals surface area contributed by atoms with Crippen LogP contribution in [0.5, 0.6) is 0 Å². The lowest BCUT2D eigenvalue weighted by Gasteiger charge is -2.34. The standard InChI is InChI=1S/C19H21NO2/c21-14-19-13-7-12-17(19)22-20(16-10-5-2-6-11-16)18(19)15-8-3-1-4-9-15/h1-6,8-11,17-18,21H,7,12-14H2/t17?,18-,19+/m0/s1. The molecule has 0 aromatic heterocycles. The molecule has 1 N–H and O–H groups in total. The number of benzene rings is 2. The van der Waals surface area contributed by atoms with E-state index in [2.05, 4.69) is 36.4 Å². The molecule has 0 bridgehead atoms. The highest BCUT2D eigenvalue weighted by atomic mass is 16.7. The minimum Gasteiger partial charge on any atom is -0.396 e. The quantitative estimate of drug-likeness (QED) is 0.937. The maximum Gasteiger partial charge on any atom is 0.0959 e. The van der Waals surface area contributed by atoms with Gasteiger partial charge in [0.25, 0.3) is 0 Å². The van der Waals surface area contributed by atoms with E-state index >= 15 is 0 Å². The molecule has 1 saturated carbocycles. The Morgan fingerprint density at radius 1 is 1.05 bits per heavy atom. The molecule has 1 aliphatic heterocycles. The fourth-order valence-corrected chi connectivity index (χ4v) is 4.12. The van der Waals surface area contributed by atoms with Crippen LogP contribution in [0.4, 0.5) is 5.69 Å². The zero-order valence-electron chi connectivity index (χ0n) is 12.6. The summed E-state index contributed by atoms with van der Waals surface area (Å²) in [6, 6.07) is 20.7. The van der Waals surface area contributed by atoms with Gasteiger partial charge in [-0.2, -0.15) is 0 Å². The Hall–Kier alpha value is -1.84. The van der Waals surface area contributed by atoms with Gasteiger partial charge in [0.15, 0.2) is 0 Å². The van der Waals surface area contributed by atoms with Gasteiger partial charge in [-0.25, -0.2) is 5.06 Å². The van der Waals surface area contributed by atoms with Crippen LogP contribution in [0.1, 0.15) is 30.9 Å². The van der Waals surface area contributed by atoms with Gasteiger partial charge < -0.3 is 5.11 Å². The first kappa shape index (κ1) is 13.8. The molecule has 2 fully saturated rings. The van der Waals surface area contributed by atoms with E-state index in [1.165, 1.54) is 5.56 Å². The van der Waals surface area contributed by atoms with Crippen molar-refractivity contribution in [2.45, 2.75) is 31.4 Å². The fraction of sp³-hybridized carbons (Fsp3) is 0.368. The second-order valence-corrected chi connectivity index (χ2v) is 6.35. The average molecular weight is 295 g/mol. The molecule has 1 saturated heterocycles. The third kappa shape index (κ3) is 1.97. The van der Waals surface area contributed by atoms with Crippen LogP contribution in [0.15, 0.2) is 60.7 Å². The van der Waals surface area contributed by atoms with Crippen molar-refractivity contribution < 1.29 is 9.94 Å². The van der Waals surface area contributed by atoms with E-state index in [4.69, 9.17) is 4.84 Å². The average Bonchev–Trinajstić information content (AvgIpc) is 3.12. The molecule has 3 nitrogen and oxygen atoms in total. The summed E-state index contributed by atoms with van der Waals surface area (Å²) in [5, 5.41) is 12.2. The number of rotatable bonds is 3. The molecule has 2 aromatic rings. The van der Waals surface area contributed by atoms with Crippen molar-refractivity contribution in [3.63, 3.8) is 0 Å². The monoisotopic (exact) mass is 295 g/mol. The summed E-state index contributed by atoms with van der Waals surface area (Å²) in [6.07, 6.45) is 3.25. The van der Waals surface area contributed by atoms with Crippen molar-refractivity contribution in [1.82, 2.24) is 0 Å². The summed E-state index contributed by atoms with van der Waals surface area (Å²) in [4.78, 5) is 6.31. The Bertz CT molecular complexity index is 630. The zero-order chi connectivity index (χ0) is 15.0. The van der Waals surface area contributed by atoms with Crippen molar-refractivity contribution in [3.05, 3.63) is 66.2 Å². The van der Waals surface area contributed by atoms with Crippen LogP contribution >= 0.6 is 0 Å². The van der Waals surface area contributed by atoms with E-state index in [0.29, 0.717) is 0 Å². The predicted molar refractivity (Wildman–Crippen MR) is 86.3 cm³/mol. The van der Waals surface area contributed by atoms with E-state index in [1.54, 1.807) is 0 Å². The van der Waals surface area contributed by atoms with Crippen molar-refractivity contribution in [2.24, 2.45) is 5.41 Å². The minimum atomic E-state index is -0.197. The molecule has 2 aliphatic rings. The molecule has 22 heavy (non-hydrogen) atoms. The molecule has 2 aromatic carbocycles. The molecule has 0 amide bonds. The largest absolute Gasteiger partial charge is 0.396 e. The van der Waals surface area contributed by atoms with Crippen molar-refractivity contribution in [3.8, 4) is 0 Å². The molecule has 1 aliphatic carbocycles. The summed E-state index contributed by atoms with van der Waals surface area (Å²) >= 11 is 0. The highest BCUT2D eigenvalue weighted by Gasteiger charge is 2.58. The normalized spacial score (nSPS) is 30.5. The summed E-state index contributed by atoms with van der Waals surface area (Å²) in [5.41, 5.74) is 2.07. The first-order valence-corrected chi connectivity index (χ1v) is 8.02. The van der Waals surface area contributed by atoms with Gasteiger partial charge in [0.2, 0.25) is 0 Å². The lowest BCUT2D eigenvalue weighted by atomic mass is 9.75. The molecule has 0 spiro atoms. The van der Waals surface area contributed by atoms with E-state index in [-0.39, 0.29) is 24.2 Å². The van der Waals surface area contributed by atoms with Crippen LogP contribution in [0, 0.1) is 5.41 Å². The van der Waals surface area contributed by atoms with Crippen LogP contribution in [0.2, 0.25) is 0 Å². The first-order chi connectivity index (χ1) is 10.8. The number of aliphatic hydroxyl groups excluding tert-OH is 1. The van der Waals surface area contributed by atoms with E-state index in [1.807, 2.05) is 29.3 Å². The van der Waals surface area contributed by atoms with Gasteiger partial charge in [-0.15, -0.1) is 0 Å². The number of hydrogen-bond donors (Lipinski definition) is 1. The summed E-state index contributed by atoms with van der Waals surface area (Å²) in [5.74, 6) is 0. The Kier molecular flexibility index (Phi) is 3.40. The van der Waals surface area contributed by atoms with Crippen molar-refractivity contribution in [2.75, 3.05) is 11.7 Å². The maximum atomic E-state index is 10.2. The van der Waals surface area contributed by atoms with Crippen molar-refractivity contribution >= 4 is 5.69 Å². The molecule has 4 rings (SSSR count). The maximum absolute atomic E-state index is 10.2. The highest BCUT2D eigenvalue weighted by molar-refractivity contribution is 5.49. The fourth-order valence-electron chi connectivity index (χ4n) is 4.12. The molecule has 1 unspecified atom stereocenters. The van der Waals surface area contributed by atoms with Gasteiger partial charge in [-0.1, -0.05) is 48.5 Å². The van der Waals surface area contributed by atoms with E-state index in [0.717, 1.165) is 24.9 Å². The van der Waals surface area contributed by atoms with Crippen LogP contribution in [-0.2, 0) is 4.84 Å². The lowest BCUT2D eigenvalue weighted by Crippen LogP contribution is -2.36. The molecule has 3 heteroatoms. The third-order valence-corrected chi connectivity index (χ3v) is 5.19. The Balaban J connectivity index is 1.82. The smallest absolute Gasteiger partial charge is 0.0959 e. The second kappa shape index (κ2) is 5.41. The lowest BCUT2D eigenvalue weighted by molar-refractivity contribution is 0.0280. The highest BCUT2D eigenvalue weighted by Crippen LogP contribution is 2.57. The Labute approximate surface area is 131 Å². The second-order valence-electron chi connectivity index (χ2n) is 6.35. The SMILES string of the molecule is OC[C@]12CCCC1ON(c1ccccc1)[C@H]2c1ccccc1. The molecular weight excluding hydrogens is 274 g/mol. The topological polar surface area (TPSA) is 32.7 Å². The van der Waals surface area contributed by atoms with Gasteiger partial charge >= 0.3 is 0 Å². The molecular formula is C19H21NO2.